The van der Waals surface area contributed by atoms with Gasteiger partial charge in [0.25, 0.3) is 6.29 Å². The van der Waals surface area contributed by atoms with Crippen LogP contribution in [0.3, 0.4) is 0 Å². The number of aliphatic hydroxyl groups excluding tert-OH is 1. The van der Waals surface area contributed by atoms with E-state index in [-0.39, 0.29) is 18.5 Å². The van der Waals surface area contributed by atoms with Gasteiger partial charge in [0.05, 0.1) is 6.67 Å². The van der Waals surface area contributed by atoms with Crippen molar-refractivity contribution < 1.29 is 54.2 Å². The van der Waals surface area contributed by atoms with Gasteiger partial charge in [-0.1, -0.05) is 0 Å². The predicted molar refractivity (Wildman–Crippen MR) is 107 cm³/mol. The summed E-state index contributed by atoms with van der Waals surface area (Å²) in [5, 5.41) is 8.89. The number of hydrogen-bond donors (Lipinski definition) is 1. The monoisotopic (exact) mass is 522 g/mol. The van der Waals surface area contributed by atoms with Crippen molar-refractivity contribution >= 4 is 6.29 Å². The summed E-state index contributed by atoms with van der Waals surface area (Å²) in [4.78, 5) is 8.70. The highest BCUT2D eigenvalue weighted by molar-refractivity contribution is 5.56. The molecule has 3 rings (SSSR count). The van der Waals surface area contributed by atoms with E-state index in [2.05, 4.69) is 4.74 Å². The number of benzene rings is 1. The molecule has 0 radical (unpaired) electrons. The molecule has 0 aliphatic heterocycles. The summed E-state index contributed by atoms with van der Waals surface area (Å²) in [6, 6.07) is 2.00. The van der Waals surface area contributed by atoms with Crippen LogP contribution in [0, 0.1) is 29.4 Å². The third kappa shape index (κ3) is 8.88. The topological polar surface area (TPSA) is 46.5 Å². The summed E-state index contributed by atoms with van der Waals surface area (Å²) in [6.45, 7) is -0.254. The molecule has 3 nitrogen and oxygen atoms in total. The van der Waals surface area contributed by atoms with E-state index in [9.17, 15) is 39.5 Å². The lowest BCUT2D eigenvalue weighted by Crippen LogP contribution is -2.34. The van der Waals surface area contributed by atoms with E-state index in [0.29, 0.717) is 17.4 Å². The van der Waals surface area contributed by atoms with Crippen LogP contribution in [0.15, 0.2) is 12.1 Å². The maximum absolute atomic E-state index is 14.2. The maximum atomic E-state index is 14.2. The third-order valence-electron chi connectivity index (χ3n) is 6.68. The number of ether oxygens (including phenoxy) is 1. The molecule has 0 bridgehead atoms. The van der Waals surface area contributed by atoms with Crippen LogP contribution in [-0.2, 0) is 4.79 Å². The fourth-order valence-corrected chi connectivity index (χ4v) is 4.84. The van der Waals surface area contributed by atoms with Gasteiger partial charge in [-0.05, 0) is 92.7 Å². The van der Waals surface area contributed by atoms with Crippen LogP contribution in [0.1, 0.15) is 62.8 Å². The van der Waals surface area contributed by atoms with Crippen LogP contribution in [0.25, 0.3) is 0 Å². The van der Waals surface area contributed by atoms with Crippen LogP contribution in [0.2, 0.25) is 0 Å². The van der Waals surface area contributed by atoms with E-state index in [1.807, 2.05) is 0 Å². The normalized spacial score (nSPS) is 26.3. The number of hydrogen-bond acceptors (Lipinski definition) is 3. The predicted octanol–water partition coefficient (Wildman–Crippen LogP) is 7.02. The number of alkyl halides is 7. The number of carbonyl (C=O) groups excluding carboxylic acids is 1. The summed E-state index contributed by atoms with van der Waals surface area (Å²) in [6.07, 6.45) is -6.90. The lowest BCUT2D eigenvalue weighted by molar-refractivity contribution is -0.265. The van der Waals surface area contributed by atoms with Crippen molar-refractivity contribution in [3.8, 4) is 5.75 Å². The van der Waals surface area contributed by atoms with Gasteiger partial charge in [0.2, 0.25) is 6.29 Å². The Kier molecular flexibility index (Phi) is 10.3. The first-order valence-electron chi connectivity index (χ1n) is 11.2. The Morgan fingerprint density at radius 3 is 1.69 bits per heavy atom. The minimum Gasteiger partial charge on any atom is -0.449 e. The first-order chi connectivity index (χ1) is 16.2. The SMILES string of the molecule is O=CC(F)(F)F.OC(Oc1c(F)cc(C2CCC(C3CCC(CF)CC3)CC2)cc1F)C(F)(F)F. The third-order valence-corrected chi connectivity index (χ3v) is 6.68. The minimum absolute atomic E-state index is 0.0704. The molecule has 2 fully saturated rings. The molecule has 2 aliphatic rings. The molecule has 1 unspecified atom stereocenters. The smallest absolute Gasteiger partial charge is 0.449 e. The Balaban J connectivity index is 0.000000641. The van der Waals surface area contributed by atoms with Crippen LogP contribution in [0.5, 0.6) is 5.75 Å². The zero-order valence-electron chi connectivity index (χ0n) is 18.6. The lowest BCUT2D eigenvalue weighted by atomic mass is 9.68. The van der Waals surface area contributed by atoms with Crippen molar-refractivity contribution in [3.05, 3.63) is 29.3 Å². The van der Waals surface area contributed by atoms with Crippen LogP contribution in [0.4, 0.5) is 39.5 Å². The molecule has 0 aromatic heterocycles. The minimum atomic E-state index is -5.14. The van der Waals surface area contributed by atoms with E-state index >= 15 is 0 Å². The molecular weight excluding hydrogens is 495 g/mol. The summed E-state index contributed by atoms with van der Waals surface area (Å²) in [5.41, 5.74) is 0.397. The molecular formula is C23H27F9O3. The highest BCUT2D eigenvalue weighted by Gasteiger charge is 2.42. The van der Waals surface area contributed by atoms with Gasteiger partial charge >= 0.3 is 12.4 Å². The highest BCUT2D eigenvalue weighted by Crippen LogP contribution is 2.44. The van der Waals surface area contributed by atoms with Crippen molar-refractivity contribution in [1.29, 1.82) is 0 Å². The van der Waals surface area contributed by atoms with Crippen LogP contribution in [-0.4, -0.2) is 36.7 Å². The summed E-state index contributed by atoms with van der Waals surface area (Å²) in [7, 11) is 0. The van der Waals surface area contributed by atoms with Gasteiger partial charge < -0.3 is 9.84 Å². The summed E-state index contributed by atoms with van der Waals surface area (Å²) < 4.78 is 114. The second-order valence-corrected chi connectivity index (χ2v) is 9.03. The van der Waals surface area contributed by atoms with Gasteiger partial charge in [0.15, 0.2) is 17.4 Å². The molecule has 2 saturated carbocycles. The Morgan fingerprint density at radius 2 is 1.31 bits per heavy atom. The molecule has 35 heavy (non-hydrogen) atoms. The van der Waals surface area contributed by atoms with Gasteiger partial charge in [-0.3, -0.25) is 9.18 Å². The van der Waals surface area contributed by atoms with Gasteiger partial charge in [0, 0.05) is 0 Å². The molecule has 1 N–H and O–H groups in total. The first kappa shape index (κ1) is 29.3. The van der Waals surface area contributed by atoms with Crippen LogP contribution >= 0.6 is 0 Å². The second-order valence-electron chi connectivity index (χ2n) is 9.03. The Hall–Kier alpha value is -1.98. The fourth-order valence-electron chi connectivity index (χ4n) is 4.84. The first-order valence-corrected chi connectivity index (χ1v) is 11.2. The molecule has 1 atom stereocenters. The van der Waals surface area contributed by atoms with Crippen molar-refractivity contribution in [1.82, 2.24) is 0 Å². The molecule has 1 aromatic carbocycles. The number of rotatable bonds is 5. The van der Waals surface area contributed by atoms with E-state index < -0.39 is 42.3 Å². The molecule has 0 saturated heterocycles. The van der Waals surface area contributed by atoms with Crippen molar-refractivity contribution in [3.63, 3.8) is 0 Å². The molecule has 200 valence electrons. The number of aldehydes is 1. The van der Waals surface area contributed by atoms with Crippen LogP contribution < -0.4 is 4.74 Å². The van der Waals surface area contributed by atoms with Gasteiger partial charge in [0.1, 0.15) is 0 Å². The Labute approximate surface area is 196 Å². The van der Waals surface area contributed by atoms with Crippen molar-refractivity contribution in [2.75, 3.05) is 6.67 Å². The zero-order valence-corrected chi connectivity index (χ0v) is 18.6. The largest absolute Gasteiger partial charge is 0.452 e. The highest BCUT2D eigenvalue weighted by atomic mass is 19.4. The average Bonchev–Trinajstić information content (AvgIpc) is 2.80. The fraction of sp³-hybridized carbons (Fsp3) is 0.696. The van der Waals surface area contributed by atoms with Gasteiger partial charge in [-0.15, -0.1) is 0 Å². The molecule has 0 spiro atoms. The van der Waals surface area contributed by atoms with E-state index in [4.69, 9.17) is 9.90 Å². The molecule has 0 heterocycles. The standard InChI is InChI=1S/C21H26F6O2.C2HF3O/c22-11-12-1-3-13(4-2-12)14-5-7-15(8-6-14)16-9-17(23)19(18(24)10-16)29-20(28)21(25,26)27;3-2(4,5)1-6/h9-10,12-15,20,28H,1-8,11H2;1H. The zero-order chi connectivity index (χ0) is 26.4. The molecule has 1 aromatic rings. The van der Waals surface area contributed by atoms with Gasteiger partial charge in [-0.25, -0.2) is 8.78 Å². The van der Waals surface area contributed by atoms with Crippen molar-refractivity contribution in [2.24, 2.45) is 17.8 Å². The molecule has 12 heteroatoms. The molecule has 2 aliphatic carbocycles. The quantitative estimate of drug-likeness (QED) is 0.257. The second kappa shape index (κ2) is 12.3. The summed E-state index contributed by atoms with van der Waals surface area (Å²) >= 11 is 0. The average molecular weight is 522 g/mol. The number of halogens is 9. The van der Waals surface area contributed by atoms with Gasteiger partial charge in [-0.2, -0.15) is 26.3 Å². The van der Waals surface area contributed by atoms with E-state index in [0.717, 1.165) is 63.5 Å². The molecule has 0 amide bonds. The number of aliphatic hydroxyl groups is 1. The number of carbonyl (C=O) groups is 1. The maximum Gasteiger partial charge on any atom is 0.452 e. The Bertz CT molecular complexity index is 786. The van der Waals surface area contributed by atoms with Crippen molar-refractivity contribution in [2.45, 2.75) is 75.9 Å². The summed E-state index contributed by atoms with van der Waals surface area (Å²) in [5.74, 6) is -2.51. The van der Waals surface area contributed by atoms with E-state index in [1.54, 1.807) is 0 Å². The Morgan fingerprint density at radius 1 is 0.886 bits per heavy atom. The lowest BCUT2D eigenvalue weighted by Gasteiger charge is -2.37. The van der Waals surface area contributed by atoms with E-state index in [1.165, 1.54) is 0 Å².